The van der Waals surface area contributed by atoms with E-state index in [1.807, 2.05) is 37.3 Å². The lowest BCUT2D eigenvalue weighted by molar-refractivity contribution is -0.132. The lowest BCUT2D eigenvalue weighted by atomic mass is 10.1. The van der Waals surface area contributed by atoms with Crippen molar-refractivity contribution in [2.45, 2.75) is 20.3 Å². The van der Waals surface area contributed by atoms with Crippen LogP contribution in [0.15, 0.2) is 54.6 Å². The lowest BCUT2D eigenvalue weighted by Gasteiger charge is -2.20. The quantitative estimate of drug-likeness (QED) is 0.803. The van der Waals surface area contributed by atoms with Crippen molar-refractivity contribution < 1.29 is 14.3 Å². The van der Waals surface area contributed by atoms with Gasteiger partial charge in [-0.25, -0.2) is 0 Å². The molecule has 5 nitrogen and oxygen atoms in total. The molecule has 0 fully saturated rings. The molecule has 0 spiro atoms. The van der Waals surface area contributed by atoms with Gasteiger partial charge >= 0.3 is 0 Å². The molecular formula is C20H24N2O3. The minimum absolute atomic E-state index is 0.0371. The van der Waals surface area contributed by atoms with Gasteiger partial charge < -0.3 is 15.0 Å². The molecule has 2 aromatic rings. The number of hydrogen-bond acceptors (Lipinski definition) is 3. The summed E-state index contributed by atoms with van der Waals surface area (Å²) in [6.07, 6.45) is 0.719. The average Bonchev–Trinajstić information content (AvgIpc) is 2.61. The van der Waals surface area contributed by atoms with Crippen molar-refractivity contribution >= 4 is 17.5 Å². The molecule has 0 aromatic heterocycles. The van der Waals surface area contributed by atoms with Crippen LogP contribution in [0.2, 0.25) is 0 Å². The Balaban J connectivity index is 1.87. The summed E-state index contributed by atoms with van der Waals surface area (Å²) in [5.74, 6) is 0.430. The topological polar surface area (TPSA) is 58.6 Å². The fraction of sp³-hybridized carbons (Fsp3) is 0.300. The Bertz CT molecular complexity index is 684. The van der Waals surface area contributed by atoms with Gasteiger partial charge in [0.25, 0.3) is 0 Å². The van der Waals surface area contributed by atoms with Crippen LogP contribution < -0.4 is 10.1 Å². The lowest BCUT2D eigenvalue weighted by Crippen LogP contribution is -2.37. The molecule has 0 atom stereocenters. The van der Waals surface area contributed by atoms with Gasteiger partial charge in [0.2, 0.25) is 11.8 Å². The third-order valence-corrected chi connectivity index (χ3v) is 3.74. The number of ether oxygens (including phenoxy) is 1. The number of nitrogens with zero attached hydrogens (tertiary/aromatic N) is 1. The molecule has 0 aliphatic heterocycles. The zero-order valence-corrected chi connectivity index (χ0v) is 14.7. The number of anilines is 1. The molecule has 2 aromatic carbocycles. The number of hydrogen-bond donors (Lipinski definition) is 1. The van der Waals surface area contributed by atoms with Crippen LogP contribution in [0.1, 0.15) is 19.4 Å². The molecule has 0 aliphatic carbocycles. The number of nitrogens with one attached hydrogen (secondary N) is 1. The van der Waals surface area contributed by atoms with Crippen molar-refractivity contribution in [1.29, 1.82) is 0 Å². The zero-order chi connectivity index (χ0) is 18.1. The van der Waals surface area contributed by atoms with Crippen molar-refractivity contribution in [3.63, 3.8) is 0 Å². The van der Waals surface area contributed by atoms with Crippen molar-refractivity contribution in [2.75, 3.05) is 25.0 Å². The Morgan fingerprint density at radius 2 is 1.72 bits per heavy atom. The van der Waals surface area contributed by atoms with Gasteiger partial charge in [-0.2, -0.15) is 0 Å². The molecule has 132 valence electrons. The Hall–Kier alpha value is -2.82. The van der Waals surface area contributed by atoms with Crippen molar-refractivity contribution in [2.24, 2.45) is 0 Å². The molecule has 0 bridgehead atoms. The molecule has 0 unspecified atom stereocenters. The zero-order valence-electron chi connectivity index (χ0n) is 14.7. The number of carbonyl (C=O) groups excluding carboxylic acids is 2. The van der Waals surface area contributed by atoms with E-state index in [0.717, 1.165) is 17.7 Å². The monoisotopic (exact) mass is 340 g/mol. The SMILES string of the molecule is CCOc1ccc(NC(=O)CN(CCc2ccccc2)C(C)=O)cc1. The van der Waals surface area contributed by atoms with E-state index in [9.17, 15) is 9.59 Å². The Labute approximate surface area is 148 Å². The normalized spacial score (nSPS) is 10.2. The van der Waals surface area contributed by atoms with Gasteiger partial charge in [0, 0.05) is 19.2 Å². The summed E-state index contributed by atoms with van der Waals surface area (Å²) in [5, 5.41) is 2.81. The second kappa shape index (κ2) is 9.47. The van der Waals surface area contributed by atoms with Crippen LogP contribution in [0.5, 0.6) is 5.75 Å². The first-order valence-electron chi connectivity index (χ1n) is 8.40. The highest BCUT2D eigenvalue weighted by Gasteiger charge is 2.13. The van der Waals surface area contributed by atoms with E-state index in [1.165, 1.54) is 6.92 Å². The van der Waals surface area contributed by atoms with Gasteiger partial charge in [-0.15, -0.1) is 0 Å². The van der Waals surface area contributed by atoms with E-state index in [0.29, 0.717) is 18.8 Å². The van der Waals surface area contributed by atoms with Crippen LogP contribution >= 0.6 is 0 Å². The van der Waals surface area contributed by atoms with Gasteiger partial charge in [-0.05, 0) is 43.2 Å². The van der Waals surface area contributed by atoms with Crippen molar-refractivity contribution in [3.05, 3.63) is 60.2 Å². The summed E-state index contributed by atoms with van der Waals surface area (Å²) >= 11 is 0. The highest BCUT2D eigenvalue weighted by atomic mass is 16.5. The highest BCUT2D eigenvalue weighted by Crippen LogP contribution is 2.15. The predicted octanol–water partition coefficient (Wildman–Crippen LogP) is 3.12. The van der Waals surface area contributed by atoms with Crippen LogP contribution in [-0.4, -0.2) is 36.4 Å². The van der Waals surface area contributed by atoms with Gasteiger partial charge in [-0.1, -0.05) is 30.3 Å². The van der Waals surface area contributed by atoms with Crippen LogP contribution in [-0.2, 0) is 16.0 Å². The summed E-state index contributed by atoms with van der Waals surface area (Å²) in [7, 11) is 0. The molecule has 0 saturated heterocycles. The minimum atomic E-state index is -0.215. The van der Waals surface area contributed by atoms with Gasteiger partial charge in [0.1, 0.15) is 5.75 Å². The summed E-state index contributed by atoms with van der Waals surface area (Å²) in [5.41, 5.74) is 1.82. The highest BCUT2D eigenvalue weighted by molar-refractivity contribution is 5.94. The minimum Gasteiger partial charge on any atom is -0.494 e. The number of benzene rings is 2. The van der Waals surface area contributed by atoms with E-state index in [2.05, 4.69) is 5.32 Å². The fourth-order valence-corrected chi connectivity index (χ4v) is 2.43. The molecule has 25 heavy (non-hydrogen) atoms. The molecule has 0 aliphatic rings. The molecule has 0 radical (unpaired) electrons. The van der Waals surface area contributed by atoms with E-state index >= 15 is 0 Å². The van der Waals surface area contributed by atoms with Gasteiger partial charge in [0.15, 0.2) is 0 Å². The van der Waals surface area contributed by atoms with Crippen molar-refractivity contribution in [1.82, 2.24) is 4.90 Å². The Morgan fingerprint density at radius 1 is 1.04 bits per heavy atom. The second-order valence-corrected chi connectivity index (χ2v) is 5.68. The summed E-state index contributed by atoms with van der Waals surface area (Å²) in [6, 6.07) is 17.1. The second-order valence-electron chi connectivity index (χ2n) is 5.68. The first kappa shape index (κ1) is 18.5. The Morgan fingerprint density at radius 3 is 2.32 bits per heavy atom. The third kappa shape index (κ3) is 6.30. The third-order valence-electron chi connectivity index (χ3n) is 3.74. The summed E-state index contributed by atoms with van der Waals surface area (Å²) in [6.45, 7) is 4.54. The molecule has 1 N–H and O–H groups in total. The van der Waals surface area contributed by atoms with Crippen LogP contribution in [0.3, 0.4) is 0 Å². The maximum absolute atomic E-state index is 12.2. The van der Waals surface area contributed by atoms with Crippen molar-refractivity contribution in [3.8, 4) is 5.75 Å². The van der Waals surface area contributed by atoms with Crippen LogP contribution in [0.25, 0.3) is 0 Å². The van der Waals surface area contributed by atoms with Crippen LogP contribution in [0, 0.1) is 0 Å². The first-order chi connectivity index (χ1) is 12.1. The molecule has 2 rings (SSSR count). The van der Waals surface area contributed by atoms with E-state index < -0.39 is 0 Å². The predicted molar refractivity (Wildman–Crippen MR) is 98.6 cm³/mol. The standard InChI is InChI=1S/C20H24N2O3/c1-3-25-19-11-9-18(10-12-19)21-20(24)15-22(16(2)23)14-13-17-7-5-4-6-8-17/h4-12H,3,13-15H2,1-2H3,(H,21,24). The molecule has 0 saturated carbocycles. The van der Waals surface area contributed by atoms with E-state index in [4.69, 9.17) is 4.74 Å². The smallest absolute Gasteiger partial charge is 0.243 e. The molecule has 2 amide bonds. The van der Waals surface area contributed by atoms with Crippen LogP contribution in [0.4, 0.5) is 5.69 Å². The number of rotatable bonds is 8. The number of amides is 2. The molecule has 5 heteroatoms. The average molecular weight is 340 g/mol. The fourth-order valence-electron chi connectivity index (χ4n) is 2.43. The molecular weight excluding hydrogens is 316 g/mol. The van der Waals surface area contributed by atoms with E-state index in [1.54, 1.807) is 29.2 Å². The summed E-state index contributed by atoms with van der Waals surface area (Å²) in [4.78, 5) is 25.6. The summed E-state index contributed by atoms with van der Waals surface area (Å²) < 4.78 is 5.37. The maximum Gasteiger partial charge on any atom is 0.243 e. The number of carbonyl (C=O) groups is 2. The largest absolute Gasteiger partial charge is 0.494 e. The van der Waals surface area contributed by atoms with Gasteiger partial charge in [-0.3, -0.25) is 9.59 Å². The maximum atomic E-state index is 12.2. The van der Waals surface area contributed by atoms with Gasteiger partial charge in [0.05, 0.1) is 13.2 Å². The first-order valence-corrected chi connectivity index (χ1v) is 8.40. The Kier molecular flexibility index (Phi) is 7.01. The molecule has 0 heterocycles. The van der Waals surface area contributed by atoms with E-state index in [-0.39, 0.29) is 18.4 Å².